The SMILES string of the molecule is Cc1cc(-c2[c-]ccc3c2oc2nc(-c4c(C)cccc4C)ccc23)ncc1C1CC(C)CC(C)C1.[Ir].[c-]1ccccc1-c1ccccn1. The molecule has 0 saturated heterocycles. The van der Waals surface area contributed by atoms with Gasteiger partial charge in [0.25, 0.3) is 0 Å². The molecule has 0 spiro atoms. The van der Waals surface area contributed by atoms with E-state index in [0.717, 1.165) is 56.4 Å². The summed E-state index contributed by atoms with van der Waals surface area (Å²) in [4.78, 5) is 14.1. The van der Waals surface area contributed by atoms with Gasteiger partial charge >= 0.3 is 0 Å². The fraction of sp³-hybridized carbons (Fsp3) is 0.250. The van der Waals surface area contributed by atoms with Crippen LogP contribution in [0.4, 0.5) is 0 Å². The number of fused-ring (bicyclic) bond motifs is 3. The average molecular weight is 820 g/mol. The van der Waals surface area contributed by atoms with Crippen LogP contribution in [0, 0.1) is 44.7 Å². The molecule has 2 atom stereocenters. The minimum Gasteiger partial charge on any atom is -0.486 e. The van der Waals surface area contributed by atoms with Gasteiger partial charge in [0.2, 0.25) is 5.71 Å². The summed E-state index contributed by atoms with van der Waals surface area (Å²) < 4.78 is 6.41. The van der Waals surface area contributed by atoms with Crippen LogP contribution in [0.3, 0.4) is 0 Å². The van der Waals surface area contributed by atoms with E-state index in [9.17, 15) is 0 Å². The number of pyridine rings is 3. The van der Waals surface area contributed by atoms with Gasteiger partial charge < -0.3 is 14.4 Å². The monoisotopic (exact) mass is 820 g/mol. The molecule has 4 nitrogen and oxygen atoms in total. The van der Waals surface area contributed by atoms with Crippen molar-refractivity contribution in [1.82, 2.24) is 15.0 Å². The summed E-state index contributed by atoms with van der Waals surface area (Å²) in [5, 5.41) is 2.08. The number of aryl methyl sites for hydroxylation is 3. The van der Waals surface area contributed by atoms with Gasteiger partial charge in [0.05, 0.1) is 11.3 Å². The molecule has 8 rings (SSSR count). The zero-order valence-corrected chi connectivity index (χ0v) is 31.1. The Labute approximate surface area is 303 Å². The van der Waals surface area contributed by atoms with Gasteiger partial charge in [-0.1, -0.05) is 66.8 Å². The van der Waals surface area contributed by atoms with E-state index in [4.69, 9.17) is 14.4 Å². The quantitative estimate of drug-likeness (QED) is 0.166. The first-order valence-corrected chi connectivity index (χ1v) is 17.0. The summed E-state index contributed by atoms with van der Waals surface area (Å²) in [6.45, 7) is 11.3. The fourth-order valence-corrected chi connectivity index (χ4v) is 7.58. The standard InChI is InChI=1S/C33H33N2O.C11H8N.Ir/c1-19-14-20(2)16-24(15-19)28-18-34-30(17-23(28)5)27-11-7-10-25-26-12-13-29(35-33(26)36-32(25)27)31-21(3)8-6-9-22(31)4;1-2-6-10(7-3-1)11-8-4-5-9-12-11;/h6-10,12-13,17-20,24H,14-16H2,1-5H3;1-6,8-9H;/q2*-1;. The number of nitrogens with zero attached hydrogens (tertiary/aromatic N) is 3. The Morgan fingerprint density at radius 3 is 2.14 bits per heavy atom. The van der Waals surface area contributed by atoms with Gasteiger partial charge in [-0.2, -0.15) is 0 Å². The molecule has 2 unspecified atom stereocenters. The third kappa shape index (κ3) is 7.29. The van der Waals surface area contributed by atoms with Crippen molar-refractivity contribution in [3.63, 3.8) is 0 Å². The van der Waals surface area contributed by atoms with Crippen molar-refractivity contribution in [2.45, 2.75) is 59.8 Å². The predicted molar refractivity (Wildman–Crippen MR) is 197 cm³/mol. The summed E-state index contributed by atoms with van der Waals surface area (Å²) in [7, 11) is 0. The van der Waals surface area contributed by atoms with Crippen molar-refractivity contribution < 1.29 is 24.5 Å². The van der Waals surface area contributed by atoms with Crippen LogP contribution in [-0.4, -0.2) is 15.0 Å². The summed E-state index contributed by atoms with van der Waals surface area (Å²) in [6, 6.07) is 37.1. The van der Waals surface area contributed by atoms with Gasteiger partial charge in [0.1, 0.15) is 0 Å². The van der Waals surface area contributed by atoms with Crippen LogP contribution in [0.25, 0.3) is 55.8 Å². The first kappa shape index (κ1) is 34.4. The first-order chi connectivity index (χ1) is 23.4. The van der Waals surface area contributed by atoms with E-state index in [-0.39, 0.29) is 20.1 Å². The smallest absolute Gasteiger partial charge is 0.216 e. The number of hydrogen-bond donors (Lipinski definition) is 0. The van der Waals surface area contributed by atoms with Gasteiger partial charge in [-0.05, 0) is 104 Å². The topological polar surface area (TPSA) is 51.8 Å². The normalized spacial score (nSPS) is 17.3. The molecule has 7 aromatic rings. The number of benzene rings is 3. The first-order valence-electron chi connectivity index (χ1n) is 17.0. The average Bonchev–Trinajstić information content (AvgIpc) is 3.47. The van der Waals surface area contributed by atoms with E-state index in [0.29, 0.717) is 11.6 Å². The van der Waals surface area contributed by atoms with E-state index < -0.39 is 0 Å². The Hall–Kier alpha value is -4.44. The molecule has 0 N–H and O–H groups in total. The summed E-state index contributed by atoms with van der Waals surface area (Å²) in [6.07, 6.45) is 7.74. The zero-order valence-electron chi connectivity index (χ0n) is 28.8. The Bertz CT molecular complexity index is 2120. The number of furan rings is 1. The minimum atomic E-state index is 0. The molecule has 5 heteroatoms. The Balaban J connectivity index is 0.000000270. The number of rotatable bonds is 4. The molecular weight excluding hydrogens is 779 g/mol. The second-order valence-corrected chi connectivity index (χ2v) is 13.5. The molecule has 1 radical (unpaired) electrons. The third-order valence-corrected chi connectivity index (χ3v) is 9.71. The third-order valence-electron chi connectivity index (χ3n) is 9.71. The molecule has 0 amide bonds. The molecule has 0 bridgehead atoms. The van der Waals surface area contributed by atoms with Crippen LogP contribution < -0.4 is 0 Å². The van der Waals surface area contributed by atoms with E-state index in [1.54, 1.807) is 6.20 Å². The van der Waals surface area contributed by atoms with Crippen LogP contribution in [0.2, 0.25) is 0 Å². The minimum absolute atomic E-state index is 0. The Morgan fingerprint density at radius 1 is 0.673 bits per heavy atom. The van der Waals surface area contributed by atoms with Crippen LogP contribution >= 0.6 is 0 Å². The maximum atomic E-state index is 6.41. The molecule has 4 aromatic heterocycles. The van der Waals surface area contributed by atoms with Crippen LogP contribution in [0.15, 0.2) is 108 Å². The maximum Gasteiger partial charge on any atom is 0.216 e. The van der Waals surface area contributed by atoms with E-state index in [1.165, 1.54) is 47.1 Å². The molecule has 1 fully saturated rings. The Kier molecular flexibility index (Phi) is 10.5. The number of aromatic nitrogens is 3. The largest absolute Gasteiger partial charge is 0.486 e. The van der Waals surface area contributed by atoms with Crippen molar-refractivity contribution >= 4 is 22.1 Å². The summed E-state index contributed by atoms with van der Waals surface area (Å²) in [5.41, 5.74) is 12.5. The van der Waals surface area contributed by atoms with Crippen molar-refractivity contribution in [3.05, 3.63) is 138 Å². The maximum absolute atomic E-state index is 6.41. The molecule has 4 heterocycles. The Morgan fingerprint density at radius 2 is 1.45 bits per heavy atom. The van der Waals surface area contributed by atoms with Gasteiger partial charge in [-0.25, -0.2) is 4.98 Å². The second-order valence-electron chi connectivity index (χ2n) is 13.5. The zero-order chi connectivity index (χ0) is 33.2. The van der Waals surface area contributed by atoms with Crippen LogP contribution in [-0.2, 0) is 20.1 Å². The summed E-state index contributed by atoms with van der Waals surface area (Å²) in [5.74, 6) is 2.15. The van der Waals surface area contributed by atoms with E-state index >= 15 is 0 Å². The van der Waals surface area contributed by atoms with Gasteiger partial charge in [-0.3, -0.25) is 0 Å². The molecule has 249 valence electrons. The van der Waals surface area contributed by atoms with Gasteiger partial charge in [0, 0.05) is 43.4 Å². The molecule has 3 aromatic carbocycles. The molecule has 49 heavy (non-hydrogen) atoms. The van der Waals surface area contributed by atoms with Crippen LogP contribution in [0.5, 0.6) is 0 Å². The van der Waals surface area contributed by atoms with Crippen LogP contribution in [0.1, 0.15) is 61.3 Å². The van der Waals surface area contributed by atoms with Gasteiger partial charge in [-0.15, -0.1) is 54.1 Å². The number of hydrogen-bond acceptors (Lipinski definition) is 4. The van der Waals surface area contributed by atoms with E-state index in [1.807, 2.05) is 48.5 Å². The fourth-order valence-electron chi connectivity index (χ4n) is 7.58. The van der Waals surface area contributed by atoms with Crippen molar-refractivity contribution in [2.24, 2.45) is 11.8 Å². The van der Waals surface area contributed by atoms with Crippen molar-refractivity contribution in [3.8, 4) is 33.8 Å². The molecular formula is C44H41IrN3O-2. The van der Waals surface area contributed by atoms with Crippen molar-refractivity contribution in [2.75, 3.05) is 0 Å². The summed E-state index contributed by atoms with van der Waals surface area (Å²) >= 11 is 0. The van der Waals surface area contributed by atoms with Gasteiger partial charge in [0.15, 0.2) is 0 Å². The van der Waals surface area contributed by atoms with E-state index in [2.05, 4.69) is 100 Å². The molecule has 1 saturated carbocycles. The van der Waals surface area contributed by atoms with Crippen molar-refractivity contribution in [1.29, 1.82) is 0 Å². The second kappa shape index (κ2) is 15.0. The molecule has 1 aliphatic carbocycles. The predicted octanol–water partition coefficient (Wildman–Crippen LogP) is 11.5. The molecule has 0 aliphatic heterocycles. The molecule has 1 aliphatic rings.